The number of anilines is 1. The van der Waals surface area contributed by atoms with Gasteiger partial charge in [0.1, 0.15) is 5.58 Å². The van der Waals surface area contributed by atoms with Gasteiger partial charge < -0.3 is 19.3 Å². The molecule has 1 unspecified atom stereocenters. The summed E-state index contributed by atoms with van der Waals surface area (Å²) in [5.74, 6) is -1.40. The molecule has 0 spiro atoms. The van der Waals surface area contributed by atoms with Gasteiger partial charge in [0, 0.05) is 31.7 Å². The number of hydrogen-bond acceptors (Lipinski definition) is 5. The number of aliphatic hydroxyl groups is 1. The molecule has 0 saturated heterocycles. The number of carbonyl (C=O) groups excluding carboxylic acids is 2. The number of fused-ring (bicyclic) bond motifs is 1. The minimum atomic E-state index is -0.658. The Morgan fingerprint density at radius 3 is 2.47 bits per heavy atom. The molecule has 0 fully saturated rings. The van der Waals surface area contributed by atoms with E-state index in [9.17, 15) is 14.7 Å². The average Bonchev–Trinajstić information content (AvgIpc) is 3.28. The van der Waals surface area contributed by atoms with E-state index in [0.717, 1.165) is 16.6 Å². The minimum Gasteiger partial charge on any atom is -0.503 e. The molecule has 1 amide bonds. The molecule has 1 N–H and O–H groups in total. The molecule has 1 atom stereocenters. The van der Waals surface area contributed by atoms with Gasteiger partial charge in [-0.2, -0.15) is 0 Å². The lowest BCUT2D eigenvalue weighted by atomic mass is 9.94. The molecule has 6 nitrogen and oxygen atoms in total. The van der Waals surface area contributed by atoms with E-state index >= 15 is 0 Å². The van der Waals surface area contributed by atoms with Crippen molar-refractivity contribution in [3.8, 4) is 0 Å². The molecule has 0 radical (unpaired) electrons. The fourth-order valence-corrected chi connectivity index (χ4v) is 3.88. The van der Waals surface area contributed by atoms with Gasteiger partial charge in [-0.1, -0.05) is 37.3 Å². The summed E-state index contributed by atoms with van der Waals surface area (Å²) in [6, 6.07) is 16.0. The number of Topliss-reactive ketones (excluding diaryl/α,β-unsaturated/α-hetero) is 1. The molecule has 30 heavy (non-hydrogen) atoms. The Bertz CT molecular complexity index is 1110. The van der Waals surface area contributed by atoms with Gasteiger partial charge in [0.15, 0.2) is 11.5 Å². The summed E-state index contributed by atoms with van der Waals surface area (Å²) in [6.45, 7) is 2.38. The second-order valence-corrected chi connectivity index (χ2v) is 7.63. The molecule has 0 aliphatic carbocycles. The molecular weight excluding hydrogens is 380 g/mol. The summed E-state index contributed by atoms with van der Waals surface area (Å²) in [6.07, 6.45) is 0.706. The molecule has 0 saturated carbocycles. The SMILES string of the molecule is CCCN1C(=O)C(O)=C(C(=O)c2cc3ccccc3o2)C1c1ccc(N(C)C)cc1. The summed E-state index contributed by atoms with van der Waals surface area (Å²) in [5, 5.41) is 11.4. The number of aliphatic hydroxyl groups excluding tert-OH is 1. The van der Waals surface area contributed by atoms with Gasteiger partial charge in [-0.3, -0.25) is 9.59 Å². The van der Waals surface area contributed by atoms with E-state index in [1.807, 2.05) is 68.4 Å². The third-order valence-electron chi connectivity index (χ3n) is 5.39. The zero-order chi connectivity index (χ0) is 21.4. The van der Waals surface area contributed by atoms with Crippen LogP contribution in [-0.4, -0.2) is 42.3 Å². The van der Waals surface area contributed by atoms with Crippen LogP contribution in [0.4, 0.5) is 5.69 Å². The zero-order valence-electron chi connectivity index (χ0n) is 17.3. The van der Waals surface area contributed by atoms with Gasteiger partial charge in [-0.15, -0.1) is 0 Å². The first-order chi connectivity index (χ1) is 14.4. The predicted molar refractivity (Wildman–Crippen MR) is 116 cm³/mol. The molecule has 1 aromatic heterocycles. The van der Waals surface area contributed by atoms with Crippen LogP contribution in [0.15, 0.2) is 70.3 Å². The lowest BCUT2D eigenvalue weighted by Gasteiger charge is -2.26. The van der Waals surface area contributed by atoms with E-state index in [-0.39, 0.29) is 11.3 Å². The highest BCUT2D eigenvalue weighted by molar-refractivity contribution is 6.16. The van der Waals surface area contributed by atoms with Crippen LogP contribution < -0.4 is 4.90 Å². The predicted octanol–water partition coefficient (Wildman–Crippen LogP) is 4.49. The molecule has 3 aromatic rings. The average molecular weight is 404 g/mol. The van der Waals surface area contributed by atoms with Gasteiger partial charge in [0.2, 0.25) is 5.78 Å². The number of para-hydroxylation sites is 1. The van der Waals surface area contributed by atoms with Crippen molar-refractivity contribution in [2.45, 2.75) is 19.4 Å². The van der Waals surface area contributed by atoms with Gasteiger partial charge in [-0.25, -0.2) is 0 Å². The van der Waals surface area contributed by atoms with Gasteiger partial charge >= 0.3 is 0 Å². The van der Waals surface area contributed by atoms with Crippen molar-refractivity contribution < 1.29 is 19.1 Å². The Morgan fingerprint density at radius 1 is 1.13 bits per heavy atom. The maximum atomic E-state index is 13.4. The first-order valence-electron chi connectivity index (χ1n) is 9.97. The quantitative estimate of drug-likeness (QED) is 0.613. The topological polar surface area (TPSA) is 74.0 Å². The molecule has 1 aliphatic heterocycles. The third kappa shape index (κ3) is 3.24. The number of rotatable bonds is 6. The zero-order valence-corrected chi connectivity index (χ0v) is 17.3. The third-order valence-corrected chi connectivity index (χ3v) is 5.39. The number of benzene rings is 2. The van der Waals surface area contributed by atoms with E-state index in [4.69, 9.17) is 4.42 Å². The molecule has 2 aromatic carbocycles. The molecule has 154 valence electrons. The maximum Gasteiger partial charge on any atom is 0.290 e. The monoisotopic (exact) mass is 404 g/mol. The fourth-order valence-electron chi connectivity index (χ4n) is 3.88. The number of carbonyl (C=O) groups is 2. The Labute approximate surface area is 175 Å². The fraction of sp³-hybridized carbons (Fsp3) is 0.250. The van der Waals surface area contributed by atoms with Crippen LogP contribution in [0.5, 0.6) is 0 Å². The smallest absolute Gasteiger partial charge is 0.290 e. The summed E-state index contributed by atoms with van der Waals surface area (Å²) in [5.41, 5.74) is 2.42. The lowest BCUT2D eigenvalue weighted by Crippen LogP contribution is -2.31. The lowest BCUT2D eigenvalue weighted by molar-refractivity contribution is -0.129. The Morgan fingerprint density at radius 2 is 1.83 bits per heavy atom. The molecule has 4 rings (SSSR count). The number of hydrogen-bond donors (Lipinski definition) is 1. The van der Waals surface area contributed by atoms with Gasteiger partial charge in [0.25, 0.3) is 5.91 Å². The Kier molecular flexibility index (Phi) is 5.08. The summed E-state index contributed by atoms with van der Waals surface area (Å²) in [4.78, 5) is 29.7. The van der Waals surface area contributed by atoms with Crippen LogP contribution in [-0.2, 0) is 4.79 Å². The second-order valence-electron chi connectivity index (χ2n) is 7.63. The van der Waals surface area contributed by atoms with Crippen LogP contribution >= 0.6 is 0 Å². The van der Waals surface area contributed by atoms with E-state index in [0.29, 0.717) is 18.5 Å². The van der Waals surface area contributed by atoms with Crippen molar-refractivity contribution in [1.82, 2.24) is 4.90 Å². The van der Waals surface area contributed by atoms with E-state index in [2.05, 4.69) is 0 Å². The molecule has 2 heterocycles. The van der Waals surface area contributed by atoms with Crippen molar-refractivity contribution >= 4 is 28.3 Å². The van der Waals surface area contributed by atoms with Crippen molar-refractivity contribution in [1.29, 1.82) is 0 Å². The van der Waals surface area contributed by atoms with Crippen molar-refractivity contribution in [2.75, 3.05) is 25.5 Å². The number of ketones is 1. The van der Waals surface area contributed by atoms with Crippen LogP contribution in [0.2, 0.25) is 0 Å². The summed E-state index contributed by atoms with van der Waals surface area (Å²) in [7, 11) is 3.89. The standard InChI is InChI=1S/C24H24N2O4/c1-4-13-26-21(15-9-11-17(12-10-15)25(2)3)20(23(28)24(26)29)22(27)19-14-16-7-5-6-8-18(16)30-19/h5-12,14,21,28H,4,13H2,1-3H3. The number of furan rings is 1. The second kappa shape index (κ2) is 7.71. The van der Waals surface area contributed by atoms with Crippen LogP contribution in [0, 0.1) is 0 Å². The van der Waals surface area contributed by atoms with E-state index < -0.39 is 23.5 Å². The first kappa shape index (κ1) is 19.8. The van der Waals surface area contributed by atoms with Crippen LogP contribution in [0.25, 0.3) is 11.0 Å². The van der Waals surface area contributed by atoms with Crippen molar-refractivity contribution in [3.63, 3.8) is 0 Å². The van der Waals surface area contributed by atoms with Crippen molar-refractivity contribution in [3.05, 3.63) is 77.3 Å². The molecule has 1 aliphatic rings. The highest BCUT2D eigenvalue weighted by Crippen LogP contribution is 2.40. The van der Waals surface area contributed by atoms with Crippen LogP contribution in [0.3, 0.4) is 0 Å². The Balaban J connectivity index is 1.79. The normalized spacial score (nSPS) is 16.6. The molecular formula is C24H24N2O4. The summed E-state index contributed by atoms with van der Waals surface area (Å²) >= 11 is 0. The number of nitrogens with zero attached hydrogens (tertiary/aromatic N) is 2. The highest BCUT2D eigenvalue weighted by atomic mass is 16.3. The van der Waals surface area contributed by atoms with Crippen molar-refractivity contribution in [2.24, 2.45) is 0 Å². The maximum absolute atomic E-state index is 13.4. The largest absolute Gasteiger partial charge is 0.503 e. The highest BCUT2D eigenvalue weighted by Gasteiger charge is 2.44. The minimum absolute atomic E-state index is 0.0603. The molecule has 6 heteroatoms. The number of amides is 1. The Hall–Kier alpha value is -3.54. The summed E-state index contributed by atoms with van der Waals surface area (Å²) < 4.78 is 5.72. The molecule has 0 bridgehead atoms. The first-order valence-corrected chi connectivity index (χ1v) is 9.97. The van der Waals surface area contributed by atoms with Gasteiger partial charge in [0.05, 0.1) is 11.6 Å². The van der Waals surface area contributed by atoms with E-state index in [1.165, 1.54) is 0 Å². The van der Waals surface area contributed by atoms with Crippen LogP contribution in [0.1, 0.15) is 35.5 Å². The van der Waals surface area contributed by atoms with Gasteiger partial charge in [-0.05, 0) is 36.2 Å². The van der Waals surface area contributed by atoms with E-state index in [1.54, 1.807) is 17.0 Å².